The van der Waals surface area contributed by atoms with Crippen molar-refractivity contribution in [2.24, 2.45) is 11.0 Å². The van der Waals surface area contributed by atoms with Gasteiger partial charge in [0, 0.05) is 140 Å². The van der Waals surface area contributed by atoms with E-state index < -0.39 is 36.0 Å². The molecule has 2 unspecified atom stereocenters. The number of nitrogens with zero attached hydrogens (tertiary/aromatic N) is 7. The van der Waals surface area contributed by atoms with Crippen molar-refractivity contribution >= 4 is 84.6 Å². The first kappa shape index (κ1) is 73.1. The van der Waals surface area contributed by atoms with Crippen LogP contribution in [0.2, 0.25) is 0 Å². The minimum absolute atomic E-state index is 0.0236. The van der Waals surface area contributed by atoms with Crippen LogP contribution in [0.4, 0.5) is 33.6 Å². The zero-order valence-corrected chi connectivity index (χ0v) is 62.8. The second-order valence-electron chi connectivity index (χ2n) is 29.7. The van der Waals surface area contributed by atoms with Gasteiger partial charge in [-0.15, -0.1) is 0 Å². The number of methoxy groups -OCH3 is 1. The highest BCUT2D eigenvalue weighted by atomic mass is 32.2. The van der Waals surface area contributed by atoms with E-state index in [0.29, 0.717) is 114 Å². The molecular weight excluding hydrogens is 1400 g/mol. The molecule has 7 aliphatic heterocycles. The summed E-state index contributed by atoms with van der Waals surface area (Å²) in [5, 5.41) is 18.4. The maximum absolute atomic E-state index is 14.5. The highest BCUT2D eigenvalue weighted by Crippen LogP contribution is 2.50. The number of aryl methyl sites for hydroxylation is 2. The first-order valence-electron chi connectivity index (χ1n) is 38.4. The number of hydrogen-bond donors (Lipinski definition) is 7. The van der Waals surface area contributed by atoms with E-state index in [-0.39, 0.29) is 73.4 Å². The fourth-order valence-electron chi connectivity index (χ4n) is 17.8. The van der Waals surface area contributed by atoms with Gasteiger partial charge in [-0.25, -0.2) is 27.5 Å². The number of nitrogens with one attached hydrogen (secondary N) is 6. The Labute approximate surface area is 624 Å². The van der Waals surface area contributed by atoms with Crippen LogP contribution in [0.3, 0.4) is 0 Å². The number of unbranched alkanes of at least 4 members (excludes halogenated alkanes) is 2. The number of hydrazone groups is 1. The Bertz CT molecular complexity index is 4960. The standard InChI is InChI=1S/C80H95N13O12S2/c1-4-65-78(96)90(2)66-48-84-79(88-76(66)93(65)55-22-7-8-23-55)87-63-33-30-53(45-67(63)103-3)77(95)81-35-36-82-80(97)104-56-24-11-19-54-47-85-89-64(57(54)32-31-56)42-49-17-10-18-50(41-49)46-83-69(94)29-6-5-9-34-86-106(98,99)68-28-12-25-58(75(68)107(100,101)102)70-61-43-51-20-13-37-91-39-15-26-59(71(51)91)73(61)105-74-60-27-16-40-92-38-14-21-52(72(60)92)44-62(70)74/h10,12,17-18,25,28,30,33,41,43-45,47-48,54-56,65,86,89H,4-9,11,13-16,19-24,26-27,29,31-32,34-40,42,46H2,1-3H3,(H4-,81,82,83,84,87,88,94,95,97,100,101,102)/p+1/t54?,56?,65-/m1/s1. The van der Waals surface area contributed by atoms with Crippen LogP contribution in [0, 0.1) is 5.92 Å². The van der Waals surface area contributed by atoms with Crippen LogP contribution < -0.4 is 70.7 Å². The van der Waals surface area contributed by atoms with Crippen molar-refractivity contribution in [2.75, 3.05) is 80.0 Å². The molecule has 2 saturated carbocycles. The van der Waals surface area contributed by atoms with Crippen molar-refractivity contribution in [3.63, 3.8) is 0 Å². The molecule has 8 heterocycles. The lowest BCUT2D eigenvalue weighted by Gasteiger charge is -2.43. The summed E-state index contributed by atoms with van der Waals surface area (Å²) in [6, 6.07) is 21.6. The van der Waals surface area contributed by atoms with Crippen LogP contribution >= 0.6 is 0 Å². The van der Waals surface area contributed by atoms with E-state index in [2.05, 4.69) is 74.1 Å². The molecule has 25 nitrogen and oxygen atoms in total. The Morgan fingerprint density at radius 3 is 2.38 bits per heavy atom. The van der Waals surface area contributed by atoms with Gasteiger partial charge in [0.05, 0.1) is 24.6 Å². The van der Waals surface area contributed by atoms with Gasteiger partial charge in [-0.3, -0.25) is 24.4 Å². The summed E-state index contributed by atoms with van der Waals surface area (Å²) < 4.78 is 91.8. The molecule has 6 aromatic rings. The van der Waals surface area contributed by atoms with E-state index in [0.717, 1.165) is 161 Å². The predicted octanol–water partition coefficient (Wildman–Crippen LogP) is 9.06. The van der Waals surface area contributed by atoms with Gasteiger partial charge >= 0.3 is 6.09 Å². The number of carbonyl (C=O) groups is 4. The van der Waals surface area contributed by atoms with Crippen LogP contribution in [0.1, 0.15) is 177 Å². The molecule has 564 valence electrons. The molecule has 3 atom stereocenters. The van der Waals surface area contributed by atoms with Crippen molar-refractivity contribution in [2.45, 2.75) is 189 Å². The van der Waals surface area contributed by atoms with Crippen molar-refractivity contribution in [3.8, 4) is 17.2 Å². The lowest BCUT2D eigenvalue weighted by Crippen LogP contribution is -2.55. The van der Waals surface area contributed by atoms with Gasteiger partial charge in [-0.1, -0.05) is 62.6 Å². The second kappa shape index (κ2) is 31.4. The third kappa shape index (κ3) is 15.2. The van der Waals surface area contributed by atoms with Crippen molar-refractivity contribution in [1.29, 1.82) is 0 Å². The summed E-state index contributed by atoms with van der Waals surface area (Å²) in [6.45, 7) is 6.41. The molecule has 15 rings (SSSR count). The Morgan fingerprint density at radius 1 is 0.776 bits per heavy atom. The van der Waals surface area contributed by atoms with Crippen LogP contribution in [0.15, 0.2) is 105 Å². The summed E-state index contributed by atoms with van der Waals surface area (Å²) in [7, 11) is -6.39. The number of hydrogen-bond acceptors (Lipinski definition) is 18. The molecule has 27 heteroatoms. The van der Waals surface area contributed by atoms with Crippen molar-refractivity contribution < 1.29 is 54.8 Å². The number of rotatable bonds is 24. The van der Waals surface area contributed by atoms with Gasteiger partial charge in [0.1, 0.15) is 58.0 Å². The number of carbonyl (C=O) groups excluding carboxylic acids is 4. The number of sulfonamides is 1. The summed E-state index contributed by atoms with van der Waals surface area (Å²) in [5.41, 5.74) is 16.1. The highest BCUT2D eigenvalue weighted by molar-refractivity contribution is 7.91. The van der Waals surface area contributed by atoms with E-state index in [4.69, 9.17) is 19.2 Å². The number of benzene rings is 5. The molecule has 0 radical (unpaired) electrons. The number of likely N-dealkylation sites (N-methyl/N-ethyl adjacent to an activating group) is 1. The molecule has 2 fully saturated rings. The van der Waals surface area contributed by atoms with Gasteiger partial charge < -0.3 is 50.2 Å². The summed E-state index contributed by atoms with van der Waals surface area (Å²) >= 11 is 0. The lowest BCUT2D eigenvalue weighted by molar-refractivity contribution is -0.121. The summed E-state index contributed by atoms with van der Waals surface area (Å²) in [6.07, 6.45) is 20.6. The molecule has 1 aromatic heterocycles. The SMILES string of the molecule is CC[C@@H]1C(=O)N(C)c2cnc(Nc3ccc(C(=O)NCCNC(=O)OC4CCCC5C=NNC(Cc6cccc(CNC(=O)CCCCCNS(=O)(=O)c7cccc(C8=c9cc%10c%11c(c9Oc9c8cc8c%12c9CCCN%12CCC8)CCC[N+]=%11CCC%10)c7S(=O)(=O)O)c6)=C5CC4)cc3OC)nc2N1C1CCCC1. The predicted molar refractivity (Wildman–Crippen MR) is 409 cm³/mol. The van der Waals surface area contributed by atoms with Crippen molar-refractivity contribution in [1.82, 2.24) is 40.6 Å². The Morgan fingerprint density at radius 2 is 1.56 bits per heavy atom. The molecule has 7 N–H and O–H groups in total. The molecule has 0 bridgehead atoms. The van der Waals surface area contributed by atoms with Gasteiger partial charge in [0.25, 0.3) is 16.0 Å². The molecule has 9 aliphatic rings. The third-order valence-corrected chi connectivity index (χ3v) is 25.4. The maximum atomic E-state index is 14.5. The minimum atomic E-state index is -5.16. The largest absolute Gasteiger partial charge is 0.495 e. The number of allylic oxidation sites excluding steroid dienone is 2. The Kier molecular flexibility index (Phi) is 21.5. The summed E-state index contributed by atoms with van der Waals surface area (Å²) in [4.78, 5) is 67.8. The summed E-state index contributed by atoms with van der Waals surface area (Å²) in [5.74, 6) is 2.50. The van der Waals surface area contributed by atoms with Crippen molar-refractivity contribution in [3.05, 3.63) is 151 Å². The monoisotopic (exact) mass is 1490 g/mol. The van der Waals surface area contributed by atoms with Crippen LogP contribution in [0.25, 0.3) is 5.57 Å². The molecule has 0 spiro atoms. The van der Waals surface area contributed by atoms with Crippen LogP contribution in [0.5, 0.6) is 17.2 Å². The quantitative estimate of drug-likeness (QED) is 0.0168. The van der Waals surface area contributed by atoms with Crippen LogP contribution in [-0.4, -0.2) is 140 Å². The molecule has 107 heavy (non-hydrogen) atoms. The van der Waals surface area contributed by atoms with Crippen LogP contribution in [-0.2, 0) is 73.1 Å². The average molecular weight is 1500 g/mol. The molecule has 4 amide bonds. The molecule has 2 aliphatic carbocycles. The molecule has 5 aromatic carbocycles. The Balaban J connectivity index is 0.518. The number of amides is 4. The van der Waals surface area contributed by atoms with Gasteiger partial charge in [-0.05, 0) is 161 Å². The lowest BCUT2D eigenvalue weighted by atomic mass is 9.82. The number of aromatic nitrogens is 2. The third-order valence-electron chi connectivity index (χ3n) is 22.9. The second-order valence-corrected chi connectivity index (χ2v) is 32.8. The molecule has 0 saturated heterocycles. The van der Waals surface area contributed by atoms with E-state index >= 15 is 0 Å². The maximum Gasteiger partial charge on any atom is 0.407 e. The van der Waals surface area contributed by atoms with E-state index in [1.54, 1.807) is 48.5 Å². The van der Waals surface area contributed by atoms with Gasteiger partial charge in [-0.2, -0.15) is 18.5 Å². The first-order chi connectivity index (χ1) is 51.9. The number of fused-ring (bicyclic) bond motifs is 6. The fourth-order valence-corrected chi connectivity index (χ4v) is 20.4. The fraction of sp³-hybridized carbons (Fsp3) is 0.475. The number of ether oxygens (including phenoxy) is 3. The zero-order chi connectivity index (χ0) is 74.1. The smallest absolute Gasteiger partial charge is 0.407 e. The highest BCUT2D eigenvalue weighted by Gasteiger charge is 2.43. The van der Waals surface area contributed by atoms with E-state index in [1.807, 2.05) is 31.3 Å². The topological polar surface area (TPSA) is 308 Å². The van der Waals surface area contributed by atoms with Gasteiger partial charge in [0.2, 0.25) is 33.1 Å². The average Bonchev–Trinajstić information content (AvgIpc) is 0.789. The number of anilines is 5. The molecular formula is C80H96N13O12S2+. The zero-order valence-electron chi connectivity index (χ0n) is 61.2. The normalized spacial score (nSPS) is 19.5. The number of alkyl carbamates (subject to hydrolysis) is 1. The minimum Gasteiger partial charge on any atom is -0.495 e. The van der Waals surface area contributed by atoms with E-state index in [9.17, 15) is 40.6 Å². The van der Waals surface area contributed by atoms with Gasteiger partial charge in [0.15, 0.2) is 5.82 Å². The Hall–Kier alpha value is -9.44. The van der Waals surface area contributed by atoms with E-state index in [1.165, 1.54) is 29.8 Å². The first-order valence-corrected chi connectivity index (χ1v) is 41.3.